The predicted molar refractivity (Wildman–Crippen MR) is 103 cm³/mol. The Balaban J connectivity index is 1.56. The molecule has 25 heavy (non-hydrogen) atoms. The predicted octanol–water partition coefficient (Wildman–Crippen LogP) is 3.65. The van der Waals surface area contributed by atoms with Gasteiger partial charge in [-0.05, 0) is 99.3 Å². The topological polar surface area (TPSA) is 49.5 Å². The zero-order chi connectivity index (χ0) is 17.8. The van der Waals surface area contributed by atoms with Crippen LogP contribution in [0.15, 0.2) is 0 Å². The number of aliphatic hydroxyl groups is 1. The van der Waals surface area contributed by atoms with Gasteiger partial charge in [-0.1, -0.05) is 13.8 Å². The summed E-state index contributed by atoms with van der Waals surface area (Å²) in [5.74, 6) is 3.54. The van der Waals surface area contributed by atoms with E-state index in [0.29, 0.717) is 10.8 Å². The molecule has 4 saturated carbocycles. The summed E-state index contributed by atoms with van der Waals surface area (Å²) in [6.45, 7) is 7.02. The molecule has 3 N–H and O–H groups in total. The third-order valence-corrected chi connectivity index (χ3v) is 9.60. The first kappa shape index (κ1) is 18.3. The molecule has 0 spiro atoms. The van der Waals surface area contributed by atoms with Gasteiger partial charge in [0.05, 0.1) is 6.10 Å². The minimum absolute atomic E-state index is 0.0238. The third-order valence-electron chi connectivity index (χ3n) is 9.60. The number of rotatable bonds is 3. The smallest absolute Gasteiger partial charge is 0.0543 e. The van der Waals surface area contributed by atoms with E-state index >= 15 is 0 Å². The van der Waals surface area contributed by atoms with Crippen molar-refractivity contribution in [3.8, 4) is 0 Å². The first-order valence-electron chi connectivity index (χ1n) is 11.0. The Hall–Kier alpha value is -0.120. The summed E-state index contributed by atoms with van der Waals surface area (Å²) < 4.78 is 0. The van der Waals surface area contributed by atoms with Gasteiger partial charge in [-0.25, -0.2) is 0 Å². The van der Waals surface area contributed by atoms with Crippen molar-refractivity contribution in [2.75, 3.05) is 20.1 Å². The van der Waals surface area contributed by atoms with Gasteiger partial charge in [0.15, 0.2) is 0 Å². The molecule has 4 rings (SSSR count). The summed E-state index contributed by atoms with van der Waals surface area (Å²) in [7, 11) is 2.30. The highest BCUT2D eigenvalue weighted by Crippen LogP contribution is 2.66. The van der Waals surface area contributed by atoms with Gasteiger partial charge in [-0.15, -0.1) is 0 Å². The fraction of sp³-hybridized carbons (Fsp3) is 1.00. The molecule has 0 aromatic rings. The van der Waals surface area contributed by atoms with Crippen LogP contribution in [0.25, 0.3) is 0 Å². The molecule has 0 radical (unpaired) electrons. The molecule has 4 fully saturated rings. The van der Waals surface area contributed by atoms with Crippen molar-refractivity contribution >= 4 is 0 Å². The molecule has 0 heterocycles. The second-order valence-electron chi connectivity index (χ2n) is 10.5. The molecule has 8 atom stereocenters. The number of hydrogen-bond donors (Lipinski definition) is 2. The van der Waals surface area contributed by atoms with Gasteiger partial charge in [0.25, 0.3) is 0 Å². The van der Waals surface area contributed by atoms with E-state index < -0.39 is 0 Å². The van der Waals surface area contributed by atoms with Gasteiger partial charge in [0.1, 0.15) is 0 Å². The van der Waals surface area contributed by atoms with Crippen LogP contribution in [0.3, 0.4) is 0 Å². The second-order valence-corrected chi connectivity index (χ2v) is 10.5. The van der Waals surface area contributed by atoms with Gasteiger partial charge in [0, 0.05) is 19.1 Å². The summed E-state index contributed by atoms with van der Waals surface area (Å²) >= 11 is 0. The first-order chi connectivity index (χ1) is 11.9. The Labute approximate surface area is 154 Å². The number of hydrogen-bond acceptors (Lipinski definition) is 3. The van der Waals surface area contributed by atoms with Crippen LogP contribution in [0.5, 0.6) is 0 Å². The minimum atomic E-state index is -0.0238. The van der Waals surface area contributed by atoms with Crippen LogP contribution < -0.4 is 5.73 Å². The lowest BCUT2D eigenvalue weighted by Gasteiger charge is -2.61. The number of likely N-dealkylation sites (N-methyl/N-ethyl adjacent to an activating group) is 1. The number of nitrogens with zero attached hydrogens (tertiary/aromatic N) is 1. The lowest BCUT2D eigenvalue weighted by atomic mass is 9.45. The highest BCUT2D eigenvalue weighted by Gasteiger charge is 2.60. The summed E-state index contributed by atoms with van der Waals surface area (Å²) in [5.41, 5.74) is 6.86. The van der Waals surface area contributed by atoms with Crippen LogP contribution in [0, 0.1) is 34.5 Å². The lowest BCUT2D eigenvalue weighted by Crippen LogP contribution is -2.56. The molecule has 0 saturated heterocycles. The van der Waals surface area contributed by atoms with Gasteiger partial charge >= 0.3 is 0 Å². The van der Waals surface area contributed by atoms with Crippen molar-refractivity contribution in [2.24, 2.45) is 40.2 Å². The van der Waals surface area contributed by atoms with E-state index in [4.69, 9.17) is 5.73 Å². The Morgan fingerprint density at radius 1 is 0.960 bits per heavy atom. The number of nitrogens with two attached hydrogens (primary N) is 1. The van der Waals surface area contributed by atoms with Crippen molar-refractivity contribution in [1.82, 2.24) is 4.90 Å². The largest absolute Gasteiger partial charge is 0.393 e. The molecule has 4 aliphatic carbocycles. The summed E-state index contributed by atoms with van der Waals surface area (Å²) in [4.78, 5) is 2.57. The van der Waals surface area contributed by atoms with Crippen LogP contribution in [0.2, 0.25) is 0 Å². The Kier molecular flexibility index (Phi) is 4.74. The van der Waals surface area contributed by atoms with E-state index in [9.17, 15) is 5.11 Å². The normalized spacial score (nSPS) is 52.6. The first-order valence-corrected chi connectivity index (χ1v) is 11.0. The van der Waals surface area contributed by atoms with Crippen molar-refractivity contribution in [3.63, 3.8) is 0 Å². The van der Waals surface area contributed by atoms with Crippen LogP contribution in [-0.4, -0.2) is 42.3 Å². The molecule has 4 aliphatic rings. The quantitative estimate of drug-likeness (QED) is 0.818. The van der Waals surface area contributed by atoms with Gasteiger partial charge in [0.2, 0.25) is 0 Å². The Bertz CT molecular complexity index is 496. The Morgan fingerprint density at radius 3 is 2.44 bits per heavy atom. The van der Waals surface area contributed by atoms with Crippen LogP contribution >= 0.6 is 0 Å². The number of aliphatic hydroxyl groups excluding tert-OH is 1. The van der Waals surface area contributed by atoms with Crippen molar-refractivity contribution in [3.05, 3.63) is 0 Å². The van der Waals surface area contributed by atoms with E-state index in [0.717, 1.165) is 55.6 Å². The molecule has 3 nitrogen and oxygen atoms in total. The zero-order valence-electron chi connectivity index (χ0n) is 16.7. The molecule has 3 heteroatoms. The van der Waals surface area contributed by atoms with E-state index in [1.54, 1.807) is 0 Å². The standard InChI is InChI=1S/C22H40N2O/c1-21-10-8-16(25)14-15(21)4-5-17-18-6-7-20(24(3)13-12-23)22(18,2)11-9-19(17)21/h15-20,25H,4-14,23H2,1-3H3/t15-,16-,17-,18-,19-,20+,21-,22-/m0/s1. The van der Waals surface area contributed by atoms with E-state index in [1.165, 1.54) is 44.9 Å². The highest BCUT2D eigenvalue weighted by atomic mass is 16.3. The highest BCUT2D eigenvalue weighted by molar-refractivity contribution is 5.11. The molecule has 0 aromatic carbocycles. The van der Waals surface area contributed by atoms with E-state index in [2.05, 4.69) is 25.8 Å². The average Bonchev–Trinajstić information content (AvgIpc) is 2.93. The fourth-order valence-corrected chi connectivity index (χ4v) is 8.29. The zero-order valence-corrected chi connectivity index (χ0v) is 16.7. The van der Waals surface area contributed by atoms with Gasteiger partial charge < -0.3 is 15.7 Å². The molecule has 0 aromatic heterocycles. The molecule has 0 unspecified atom stereocenters. The van der Waals surface area contributed by atoms with Crippen molar-refractivity contribution < 1.29 is 5.11 Å². The van der Waals surface area contributed by atoms with Crippen LogP contribution in [-0.2, 0) is 0 Å². The van der Waals surface area contributed by atoms with Gasteiger partial charge in [-0.2, -0.15) is 0 Å². The molecule has 0 amide bonds. The third kappa shape index (κ3) is 2.72. The lowest BCUT2D eigenvalue weighted by molar-refractivity contribution is -0.128. The minimum Gasteiger partial charge on any atom is -0.393 e. The molecule has 0 aliphatic heterocycles. The molecule has 0 bridgehead atoms. The van der Waals surface area contributed by atoms with Crippen LogP contribution in [0.4, 0.5) is 0 Å². The van der Waals surface area contributed by atoms with E-state index in [-0.39, 0.29) is 6.10 Å². The monoisotopic (exact) mass is 348 g/mol. The average molecular weight is 349 g/mol. The summed E-state index contributed by atoms with van der Waals surface area (Å²) in [6, 6.07) is 0.737. The fourth-order valence-electron chi connectivity index (χ4n) is 8.29. The van der Waals surface area contributed by atoms with E-state index in [1.807, 2.05) is 0 Å². The number of fused-ring (bicyclic) bond motifs is 5. The maximum absolute atomic E-state index is 10.2. The van der Waals surface area contributed by atoms with Gasteiger partial charge in [-0.3, -0.25) is 0 Å². The molecular formula is C22H40N2O. The van der Waals surface area contributed by atoms with Crippen molar-refractivity contribution in [2.45, 2.75) is 83.8 Å². The maximum atomic E-state index is 10.2. The Morgan fingerprint density at radius 2 is 1.68 bits per heavy atom. The molecule has 144 valence electrons. The SMILES string of the molecule is CN(CCN)[C@@H]1CC[C@H]2[C@@H]3CC[C@H]4C[C@@H](O)CC[C@]4(C)[C@H]3CC[C@@]21C. The van der Waals surface area contributed by atoms with Crippen molar-refractivity contribution in [1.29, 1.82) is 0 Å². The second kappa shape index (κ2) is 6.49. The summed E-state index contributed by atoms with van der Waals surface area (Å²) in [5, 5.41) is 10.2. The molecular weight excluding hydrogens is 308 g/mol. The van der Waals surface area contributed by atoms with Crippen LogP contribution in [0.1, 0.15) is 71.6 Å². The maximum Gasteiger partial charge on any atom is 0.0543 e. The summed E-state index contributed by atoms with van der Waals surface area (Å²) in [6.07, 6.45) is 11.8.